The van der Waals surface area contributed by atoms with Crippen molar-refractivity contribution in [2.24, 2.45) is 0 Å². The highest BCUT2D eigenvalue weighted by Gasteiger charge is 2.38. The highest BCUT2D eigenvalue weighted by atomic mass is 19.4. The SMILES string of the molecule is O=C(NCCOc1cccnc1)c1ccc2ccccc2c1.O=C(O)C(F)(F)F. The Bertz CT molecular complexity index is 963. The Balaban J connectivity index is 0.000000370. The first kappa shape index (κ1) is 21.7. The van der Waals surface area contributed by atoms with Crippen LogP contribution in [0, 0.1) is 0 Å². The van der Waals surface area contributed by atoms with Gasteiger partial charge >= 0.3 is 12.1 Å². The number of alkyl halides is 3. The molecule has 0 bridgehead atoms. The van der Waals surface area contributed by atoms with E-state index in [1.54, 1.807) is 12.4 Å². The molecule has 2 N–H and O–H groups in total. The summed E-state index contributed by atoms with van der Waals surface area (Å²) in [7, 11) is 0. The van der Waals surface area contributed by atoms with Crippen LogP contribution in [-0.4, -0.2) is 41.3 Å². The number of benzene rings is 2. The fourth-order valence-corrected chi connectivity index (χ4v) is 2.20. The Morgan fingerprint density at radius 1 is 1.03 bits per heavy atom. The molecule has 0 saturated carbocycles. The minimum Gasteiger partial charge on any atom is -0.490 e. The first-order valence-corrected chi connectivity index (χ1v) is 8.37. The number of pyridine rings is 1. The number of ether oxygens (including phenoxy) is 1. The fraction of sp³-hybridized carbons (Fsp3) is 0.150. The summed E-state index contributed by atoms with van der Waals surface area (Å²) in [6.07, 6.45) is -1.75. The second-order valence-electron chi connectivity index (χ2n) is 5.66. The van der Waals surface area contributed by atoms with Gasteiger partial charge in [0, 0.05) is 11.8 Å². The Morgan fingerprint density at radius 3 is 2.34 bits per heavy atom. The minimum absolute atomic E-state index is 0.0967. The Kier molecular flexibility index (Phi) is 7.53. The summed E-state index contributed by atoms with van der Waals surface area (Å²) in [6.45, 7) is 0.853. The molecule has 0 aliphatic rings. The van der Waals surface area contributed by atoms with Crippen molar-refractivity contribution in [3.63, 3.8) is 0 Å². The second kappa shape index (κ2) is 10.1. The zero-order valence-electron chi connectivity index (χ0n) is 15.0. The molecule has 3 rings (SSSR count). The summed E-state index contributed by atoms with van der Waals surface area (Å²) in [6, 6.07) is 17.3. The fourth-order valence-electron chi connectivity index (χ4n) is 2.20. The number of carbonyl (C=O) groups excluding carboxylic acids is 1. The predicted octanol–water partition coefficient (Wildman–Crippen LogP) is 3.68. The van der Waals surface area contributed by atoms with E-state index in [-0.39, 0.29) is 5.91 Å². The van der Waals surface area contributed by atoms with E-state index < -0.39 is 12.1 Å². The average molecular weight is 406 g/mol. The maximum absolute atomic E-state index is 12.1. The van der Waals surface area contributed by atoms with E-state index in [0.717, 1.165) is 10.8 Å². The third-order valence-electron chi connectivity index (χ3n) is 3.54. The van der Waals surface area contributed by atoms with Crippen molar-refractivity contribution in [3.8, 4) is 5.75 Å². The van der Waals surface area contributed by atoms with E-state index in [1.165, 1.54) is 0 Å². The third-order valence-corrected chi connectivity index (χ3v) is 3.54. The van der Waals surface area contributed by atoms with Gasteiger partial charge in [-0.25, -0.2) is 4.79 Å². The first-order valence-electron chi connectivity index (χ1n) is 8.37. The minimum atomic E-state index is -5.08. The Morgan fingerprint density at radius 2 is 1.72 bits per heavy atom. The zero-order chi connectivity index (χ0) is 21.3. The molecule has 0 aliphatic carbocycles. The molecule has 2 aromatic carbocycles. The molecule has 0 aliphatic heterocycles. The second-order valence-corrected chi connectivity index (χ2v) is 5.66. The number of rotatable bonds is 5. The zero-order valence-corrected chi connectivity index (χ0v) is 15.0. The lowest BCUT2D eigenvalue weighted by Crippen LogP contribution is -2.28. The number of carboxylic acid groups (broad SMARTS) is 1. The number of hydrogen-bond donors (Lipinski definition) is 2. The highest BCUT2D eigenvalue weighted by Crippen LogP contribution is 2.15. The number of carboxylic acids is 1. The van der Waals surface area contributed by atoms with Crippen LogP contribution < -0.4 is 10.1 Å². The van der Waals surface area contributed by atoms with Gasteiger partial charge in [0.05, 0.1) is 12.7 Å². The number of amides is 1. The number of nitrogens with one attached hydrogen (secondary N) is 1. The van der Waals surface area contributed by atoms with E-state index >= 15 is 0 Å². The lowest BCUT2D eigenvalue weighted by atomic mass is 10.1. The summed E-state index contributed by atoms with van der Waals surface area (Å²) in [5.41, 5.74) is 0.653. The number of hydrogen-bond acceptors (Lipinski definition) is 4. The monoisotopic (exact) mass is 406 g/mol. The molecule has 0 atom stereocenters. The van der Waals surface area contributed by atoms with Crippen molar-refractivity contribution < 1.29 is 32.6 Å². The molecule has 3 aromatic rings. The number of halogens is 3. The molecule has 29 heavy (non-hydrogen) atoms. The van der Waals surface area contributed by atoms with Crippen molar-refractivity contribution >= 4 is 22.6 Å². The molecule has 0 fully saturated rings. The van der Waals surface area contributed by atoms with E-state index in [4.69, 9.17) is 14.6 Å². The lowest BCUT2D eigenvalue weighted by Gasteiger charge is -2.08. The summed E-state index contributed by atoms with van der Waals surface area (Å²) < 4.78 is 37.2. The maximum Gasteiger partial charge on any atom is 0.490 e. The number of carbonyl (C=O) groups is 2. The van der Waals surface area contributed by atoms with E-state index in [1.807, 2.05) is 54.6 Å². The standard InChI is InChI=1S/C18H16N2O2.C2HF3O2/c21-18(20-10-11-22-17-6-3-9-19-13-17)16-8-7-14-4-1-2-5-15(14)12-16;3-2(4,5)1(6)7/h1-9,12-13H,10-11H2,(H,20,21);(H,6,7). The van der Waals surface area contributed by atoms with Crippen molar-refractivity contribution in [1.82, 2.24) is 10.3 Å². The molecule has 0 saturated heterocycles. The molecular weight excluding hydrogens is 389 g/mol. The van der Waals surface area contributed by atoms with Crippen LogP contribution in [-0.2, 0) is 4.79 Å². The van der Waals surface area contributed by atoms with Crippen LogP contribution in [0.2, 0.25) is 0 Å². The predicted molar refractivity (Wildman–Crippen MR) is 99.7 cm³/mol. The molecule has 0 radical (unpaired) electrons. The van der Waals surface area contributed by atoms with Crippen molar-refractivity contribution in [2.45, 2.75) is 6.18 Å². The van der Waals surface area contributed by atoms with Crippen molar-refractivity contribution in [1.29, 1.82) is 0 Å². The van der Waals surface area contributed by atoms with Gasteiger partial charge in [-0.05, 0) is 35.0 Å². The summed E-state index contributed by atoms with van der Waals surface area (Å²) in [5.74, 6) is -2.16. The van der Waals surface area contributed by atoms with Crippen LogP contribution >= 0.6 is 0 Å². The number of aromatic nitrogens is 1. The number of nitrogens with zero attached hydrogens (tertiary/aromatic N) is 1. The van der Waals surface area contributed by atoms with Gasteiger partial charge in [-0.1, -0.05) is 30.3 Å². The van der Waals surface area contributed by atoms with Gasteiger partial charge in [0.2, 0.25) is 0 Å². The van der Waals surface area contributed by atoms with Crippen LogP contribution in [0.5, 0.6) is 5.75 Å². The topological polar surface area (TPSA) is 88.5 Å². The molecule has 6 nitrogen and oxygen atoms in total. The molecule has 9 heteroatoms. The summed E-state index contributed by atoms with van der Waals surface area (Å²) in [4.78, 5) is 25.0. The largest absolute Gasteiger partial charge is 0.490 e. The molecule has 152 valence electrons. The third kappa shape index (κ3) is 7.13. The van der Waals surface area contributed by atoms with Crippen molar-refractivity contribution in [3.05, 3.63) is 72.6 Å². The van der Waals surface area contributed by atoms with E-state index in [9.17, 15) is 18.0 Å². The summed E-state index contributed by atoms with van der Waals surface area (Å²) >= 11 is 0. The molecule has 1 heterocycles. The van der Waals surface area contributed by atoms with Crippen LogP contribution in [0.25, 0.3) is 10.8 Å². The number of fused-ring (bicyclic) bond motifs is 1. The van der Waals surface area contributed by atoms with Gasteiger partial charge in [0.1, 0.15) is 12.4 Å². The molecule has 1 amide bonds. The van der Waals surface area contributed by atoms with Gasteiger partial charge in [0.15, 0.2) is 0 Å². The Hall–Kier alpha value is -3.62. The van der Waals surface area contributed by atoms with Gasteiger partial charge in [-0.2, -0.15) is 13.2 Å². The van der Waals surface area contributed by atoms with Gasteiger partial charge in [-0.3, -0.25) is 9.78 Å². The molecule has 1 aromatic heterocycles. The quantitative estimate of drug-likeness (QED) is 0.631. The van der Waals surface area contributed by atoms with Crippen LogP contribution in [0.15, 0.2) is 67.0 Å². The van der Waals surface area contributed by atoms with Gasteiger partial charge in [-0.15, -0.1) is 0 Å². The normalized spacial score (nSPS) is 10.6. The highest BCUT2D eigenvalue weighted by molar-refractivity contribution is 5.98. The van der Waals surface area contributed by atoms with Gasteiger partial charge in [0.25, 0.3) is 5.91 Å². The first-order chi connectivity index (χ1) is 13.8. The summed E-state index contributed by atoms with van der Waals surface area (Å²) in [5, 5.41) is 12.2. The lowest BCUT2D eigenvalue weighted by molar-refractivity contribution is -0.192. The Labute approximate surface area is 163 Å². The molecule has 0 spiro atoms. The average Bonchev–Trinajstić information content (AvgIpc) is 2.71. The van der Waals surface area contributed by atoms with Crippen LogP contribution in [0.1, 0.15) is 10.4 Å². The smallest absolute Gasteiger partial charge is 0.490 e. The molecular formula is C20H17F3N2O4. The van der Waals surface area contributed by atoms with E-state index in [2.05, 4.69) is 10.3 Å². The van der Waals surface area contributed by atoms with Gasteiger partial charge < -0.3 is 15.2 Å². The maximum atomic E-state index is 12.1. The van der Waals surface area contributed by atoms with Crippen molar-refractivity contribution in [2.75, 3.05) is 13.2 Å². The number of aliphatic carboxylic acids is 1. The molecule has 0 unspecified atom stereocenters. The van der Waals surface area contributed by atoms with Crippen LogP contribution in [0.3, 0.4) is 0 Å². The van der Waals surface area contributed by atoms with E-state index in [0.29, 0.717) is 24.5 Å². The van der Waals surface area contributed by atoms with Crippen LogP contribution in [0.4, 0.5) is 13.2 Å².